The summed E-state index contributed by atoms with van der Waals surface area (Å²) in [4.78, 5) is 12.1. The van der Waals surface area contributed by atoms with Crippen LogP contribution in [0.25, 0.3) is 0 Å². The Kier molecular flexibility index (Phi) is 3.55. The van der Waals surface area contributed by atoms with Crippen LogP contribution >= 0.6 is 0 Å². The molecule has 4 aliphatic carbocycles. The molecule has 4 aliphatic rings. The molecule has 0 unspecified atom stereocenters. The van der Waals surface area contributed by atoms with Crippen LogP contribution in [0, 0.1) is 0 Å². The van der Waals surface area contributed by atoms with Gasteiger partial charge in [0, 0.05) is 0 Å². The van der Waals surface area contributed by atoms with Crippen LogP contribution in [0.5, 0.6) is 0 Å². The normalized spacial score (nSPS) is 17.4. The van der Waals surface area contributed by atoms with Gasteiger partial charge in [0.1, 0.15) is 0 Å². The number of methoxy groups -OCH3 is 1. The Morgan fingerprint density at radius 3 is 1.95 bits per heavy atom. The van der Waals surface area contributed by atoms with E-state index in [4.69, 9.17) is 4.74 Å². The smallest absolute Gasteiger partial charge is 0.313 e. The average Bonchev–Trinajstić information content (AvgIpc) is 2.49. The lowest BCUT2D eigenvalue weighted by atomic mass is 9.89. The van der Waals surface area contributed by atoms with E-state index in [1.54, 1.807) is 0 Å². The van der Waals surface area contributed by atoms with E-state index in [2.05, 4.69) is 48.5 Å². The lowest BCUT2D eigenvalue weighted by molar-refractivity contribution is -0.142. The fraction of sp³-hybridized carbons (Fsp3) is 0.278. The zero-order valence-electron chi connectivity index (χ0n) is 11.6. The zero-order chi connectivity index (χ0) is 13.9. The van der Waals surface area contributed by atoms with Gasteiger partial charge in [0.05, 0.1) is 13.0 Å². The minimum atomic E-state index is -0.223. The van der Waals surface area contributed by atoms with Crippen molar-refractivity contribution in [3.8, 4) is 0 Å². The van der Waals surface area contributed by atoms with Crippen LogP contribution in [0.3, 0.4) is 0 Å². The molecule has 102 valence electrons. The van der Waals surface area contributed by atoms with Crippen molar-refractivity contribution in [2.75, 3.05) is 7.11 Å². The molecule has 0 fully saturated rings. The van der Waals surface area contributed by atoms with Gasteiger partial charge < -0.3 is 4.74 Å². The first-order valence-electron chi connectivity index (χ1n) is 7.01. The second-order valence-electron chi connectivity index (χ2n) is 5.34. The van der Waals surface area contributed by atoms with Gasteiger partial charge in [-0.1, -0.05) is 48.5 Å². The summed E-state index contributed by atoms with van der Waals surface area (Å²) in [6.45, 7) is 0. The summed E-state index contributed by atoms with van der Waals surface area (Å²) in [5.41, 5.74) is 4.86. The SMILES string of the molecule is COC(=O)[C@@H]1Cc2ccc(cc2)CCc2ccc1cc2. The average molecular weight is 266 g/mol. The summed E-state index contributed by atoms with van der Waals surface area (Å²) < 4.78 is 4.97. The molecule has 1 atom stereocenters. The molecule has 0 saturated carbocycles. The first-order chi connectivity index (χ1) is 9.76. The molecule has 2 aromatic rings. The first-order valence-corrected chi connectivity index (χ1v) is 7.01. The van der Waals surface area contributed by atoms with Crippen molar-refractivity contribution >= 4 is 5.97 Å². The molecule has 0 spiro atoms. The molecule has 0 amide bonds. The maximum Gasteiger partial charge on any atom is 0.313 e. The Bertz CT molecular complexity index is 596. The minimum Gasteiger partial charge on any atom is -0.469 e. The van der Waals surface area contributed by atoms with Crippen molar-refractivity contribution < 1.29 is 9.53 Å². The highest BCUT2D eigenvalue weighted by Gasteiger charge is 2.22. The molecule has 0 N–H and O–H groups in total. The standard InChI is InChI=1S/C18H18O2/c1-20-18(19)17-12-15-6-4-13(5-7-15)2-3-14-8-10-16(17)11-9-14/h4-11,17H,2-3,12H2,1H3/t17-/m1/s1. The van der Waals surface area contributed by atoms with E-state index in [-0.39, 0.29) is 11.9 Å². The maximum atomic E-state index is 12.1. The third-order valence-electron chi connectivity index (χ3n) is 4.03. The molecule has 0 heterocycles. The van der Waals surface area contributed by atoms with Crippen LogP contribution in [0.15, 0.2) is 48.5 Å². The number of hydrogen-bond acceptors (Lipinski definition) is 2. The Balaban J connectivity index is 2.04. The molecule has 4 bridgehead atoms. The first kappa shape index (κ1) is 12.9. The largest absolute Gasteiger partial charge is 0.469 e. The van der Waals surface area contributed by atoms with Gasteiger partial charge in [0.15, 0.2) is 0 Å². The summed E-state index contributed by atoms with van der Waals surface area (Å²) in [5, 5.41) is 0. The highest BCUT2D eigenvalue weighted by atomic mass is 16.5. The quantitative estimate of drug-likeness (QED) is 0.740. The fourth-order valence-corrected chi connectivity index (χ4v) is 2.76. The summed E-state index contributed by atoms with van der Waals surface area (Å²) in [5.74, 6) is -0.391. The number of hydrogen-bond donors (Lipinski definition) is 0. The van der Waals surface area contributed by atoms with Gasteiger partial charge in [-0.25, -0.2) is 0 Å². The molecular weight excluding hydrogens is 248 g/mol. The van der Waals surface area contributed by atoms with Crippen molar-refractivity contribution in [3.63, 3.8) is 0 Å². The number of esters is 1. The minimum absolute atomic E-state index is 0.168. The van der Waals surface area contributed by atoms with Crippen LogP contribution in [-0.4, -0.2) is 13.1 Å². The molecule has 2 aromatic carbocycles. The van der Waals surface area contributed by atoms with E-state index < -0.39 is 0 Å². The summed E-state index contributed by atoms with van der Waals surface area (Å²) in [7, 11) is 1.45. The Morgan fingerprint density at radius 2 is 1.40 bits per heavy atom. The van der Waals surface area contributed by atoms with Gasteiger partial charge in [0.25, 0.3) is 0 Å². The van der Waals surface area contributed by atoms with Crippen LogP contribution < -0.4 is 0 Å². The highest BCUT2D eigenvalue weighted by molar-refractivity contribution is 5.78. The second-order valence-corrected chi connectivity index (χ2v) is 5.34. The van der Waals surface area contributed by atoms with E-state index >= 15 is 0 Å². The van der Waals surface area contributed by atoms with Crippen LogP contribution in [0.1, 0.15) is 28.2 Å². The van der Waals surface area contributed by atoms with Crippen LogP contribution in [0.4, 0.5) is 0 Å². The van der Waals surface area contributed by atoms with Gasteiger partial charge in [0.2, 0.25) is 0 Å². The molecule has 20 heavy (non-hydrogen) atoms. The summed E-state index contributed by atoms with van der Waals surface area (Å²) in [6, 6.07) is 16.9. The van der Waals surface area contributed by atoms with Gasteiger partial charge in [-0.15, -0.1) is 0 Å². The van der Waals surface area contributed by atoms with Crippen molar-refractivity contribution in [1.29, 1.82) is 0 Å². The van der Waals surface area contributed by atoms with Gasteiger partial charge in [-0.2, -0.15) is 0 Å². The van der Waals surface area contributed by atoms with Crippen molar-refractivity contribution in [3.05, 3.63) is 70.8 Å². The Labute approximate surface area is 119 Å². The van der Waals surface area contributed by atoms with Gasteiger partial charge in [-0.3, -0.25) is 4.79 Å². The molecular formula is C18H18O2. The third-order valence-corrected chi connectivity index (χ3v) is 4.03. The van der Waals surface area contributed by atoms with Gasteiger partial charge >= 0.3 is 5.97 Å². The molecule has 2 heteroatoms. The number of ether oxygens (including phenoxy) is 1. The van der Waals surface area contributed by atoms with E-state index in [1.807, 2.05) is 0 Å². The summed E-state index contributed by atoms with van der Waals surface area (Å²) in [6.07, 6.45) is 2.77. The van der Waals surface area contributed by atoms with Crippen molar-refractivity contribution in [1.82, 2.24) is 0 Å². The van der Waals surface area contributed by atoms with E-state index in [0.717, 1.165) is 18.4 Å². The van der Waals surface area contributed by atoms with E-state index in [9.17, 15) is 4.79 Å². The predicted octanol–water partition coefficient (Wildman–Crippen LogP) is 3.28. The number of carbonyl (C=O) groups excluding carboxylic acids is 1. The number of aryl methyl sites for hydroxylation is 2. The van der Waals surface area contributed by atoms with Crippen molar-refractivity contribution in [2.24, 2.45) is 0 Å². The Hall–Kier alpha value is -2.09. The summed E-state index contributed by atoms with van der Waals surface area (Å²) >= 11 is 0. The fourth-order valence-electron chi connectivity index (χ4n) is 2.76. The molecule has 0 saturated heterocycles. The zero-order valence-corrected chi connectivity index (χ0v) is 11.6. The third kappa shape index (κ3) is 2.60. The topological polar surface area (TPSA) is 26.3 Å². The molecule has 0 radical (unpaired) electrons. The number of rotatable bonds is 1. The Morgan fingerprint density at radius 1 is 0.900 bits per heavy atom. The van der Waals surface area contributed by atoms with Crippen LogP contribution in [0.2, 0.25) is 0 Å². The number of benzene rings is 2. The van der Waals surface area contributed by atoms with Crippen LogP contribution in [-0.2, 0) is 28.8 Å². The van der Waals surface area contributed by atoms with E-state index in [1.165, 1.54) is 23.8 Å². The second kappa shape index (κ2) is 5.49. The number of carbonyl (C=O) groups is 1. The molecule has 2 nitrogen and oxygen atoms in total. The molecule has 0 aromatic heterocycles. The highest BCUT2D eigenvalue weighted by Crippen LogP contribution is 2.24. The lowest BCUT2D eigenvalue weighted by Crippen LogP contribution is -2.17. The van der Waals surface area contributed by atoms with Gasteiger partial charge in [-0.05, 0) is 41.5 Å². The van der Waals surface area contributed by atoms with Crippen molar-refractivity contribution in [2.45, 2.75) is 25.2 Å². The lowest BCUT2D eigenvalue weighted by Gasteiger charge is -2.17. The molecule has 6 rings (SSSR count). The predicted molar refractivity (Wildman–Crippen MR) is 78.8 cm³/mol. The maximum absolute atomic E-state index is 12.1. The monoisotopic (exact) mass is 266 g/mol. The molecule has 0 aliphatic heterocycles. The van der Waals surface area contributed by atoms with E-state index in [0.29, 0.717) is 6.42 Å².